The molecule has 2 N–H and O–H groups in total. The van der Waals surface area contributed by atoms with E-state index < -0.39 is 5.82 Å². The summed E-state index contributed by atoms with van der Waals surface area (Å²) in [4.78, 5) is 12.0. The molecule has 5 heteroatoms. The Morgan fingerprint density at radius 1 is 1.58 bits per heavy atom. The summed E-state index contributed by atoms with van der Waals surface area (Å²) in [6, 6.07) is 4.11. The molecule has 1 saturated heterocycles. The topological polar surface area (TPSA) is 41.1 Å². The zero-order valence-corrected chi connectivity index (χ0v) is 11.6. The molecule has 2 rings (SSSR count). The maximum absolute atomic E-state index is 13.0. The number of amides is 1. The Hall–Kier alpha value is -1.13. The van der Waals surface area contributed by atoms with Crippen molar-refractivity contribution in [2.24, 2.45) is 5.92 Å². The van der Waals surface area contributed by atoms with Crippen LogP contribution in [-0.2, 0) is 0 Å². The Labute approximate surface area is 117 Å². The van der Waals surface area contributed by atoms with Gasteiger partial charge in [-0.25, -0.2) is 4.39 Å². The molecule has 1 aromatic carbocycles. The summed E-state index contributed by atoms with van der Waals surface area (Å²) in [5, 5.41) is 6.25. The fraction of sp³-hybridized carbons (Fsp3) is 0.500. The minimum atomic E-state index is -0.511. The SMILES string of the molecule is CC(NC(=O)c1ccc(F)c(Cl)c1)C1CCCNC1. The molecule has 1 fully saturated rings. The fourth-order valence-electron chi connectivity index (χ4n) is 2.35. The largest absolute Gasteiger partial charge is 0.349 e. The lowest BCUT2D eigenvalue weighted by Gasteiger charge is -2.28. The Kier molecular flexibility index (Phi) is 4.77. The van der Waals surface area contributed by atoms with Gasteiger partial charge in [0.25, 0.3) is 5.91 Å². The molecule has 0 spiro atoms. The molecule has 19 heavy (non-hydrogen) atoms. The lowest BCUT2D eigenvalue weighted by Crippen LogP contribution is -2.44. The van der Waals surface area contributed by atoms with Gasteiger partial charge in [0.05, 0.1) is 5.02 Å². The van der Waals surface area contributed by atoms with E-state index >= 15 is 0 Å². The van der Waals surface area contributed by atoms with Gasteiger partial charge in [-0.15, -0.1) is 0 Å². The highest BCUT2D eigenvalue weighted by molar-refractivity contribution is 6.31. The first-order valence-electron chi connectivity index (χ1n) is 6.54. The zero-order valence-electron chi connectivity index (χ0n) is 10.9. The third-order valence-corrected chi connectivity index (χ3v) is 3.87. The number of carbonyl (C=O) groups excluding carboxylic acids is 1. The Balaban J connectivity index is 1.97. The molecule has 1 heterocycles. The molecular formula is C14H18ClFN2O. The number of halogens is 2. The first-order chi connectivity index (χ1) is 9.08. The first kappa shape index (κ1) is 14.3. The molecule has 0 saturated carbocycles. The smallest absolute Gasteiger partial charge is 0.251 e. The van der Waals surface area contributed by atoms with Crippen LogP contribution in [0.2, 0.25) is 5.02 Å². The summed E-state index contributed by atoms with van der Waals surface area (Å²) in [6.07, 6.45) is 2.24. The van der Waals surface area contributed by atoms with Crippen molar-refractivity contribution in [2.45, 2.75) is 25.8 Å². The molecule has 2 unspecified atom stereocenters. The van der Waals surface area contributed by atoms with Crippen LogP contribution < -0.4 is 10.6 Å². The maximum Gasteiger partial charge on any atom is 0.251 e. The van der Waals surface area contributed by atoms with Crippen LogP contribution in [0.15, 0.2) is 18.2 Å². The van der Waals surface area contributed by atoms with Crippen LogP contribution in [0, 0.1) is 11.7 Å². The summed E-state index contributed by atoms with van der Waals surface area (Å²) in [6.45, 7) is 3.97. The summed E-state index contributed by atoms with van der Waals surface area (Å²) in [5.41, 5.74) is 0.391. The second-order valence-corrected chi connectivity index (χ2v) is 5.40. The third-order valence-electron chi connectivity index (χ3n) is 3.58. The van der Waals surface area contributed by atoms with E-state index in [1.165, 1.54) is 18.2 Å². The molecule has 0 radical (unpaired) electrons. The lowest BCUT2D eigenvalue weighted by molar-refractivity contribution is 0.0922. The molecule has 1 amide bonds. The molecule has 3 nitrogen and oxygen atoms in total. The Morgan fingerprint density at radius 3 is 3.00 bits per heavy atom. The van der Waals surface area contributed by atoms with Crippen LogP contribution in [-0.4, -0.2) is 25.0 Å². The molecule has 1 aliphatic rings. The number of benzene rings is 1. The van der Waals surface area contributed by atoms with Crippen molar-refractivity contribution in [1.29, 1.82) is 0 Å². The highest BCUT2D eigenvalue weighted by Crippen LogP contribution is 2.17. The van der Waals surface area contributed by atoms with E-state index in [1.807, 2.05) is 6.92 Å². The van der Waals surface area contributed by atoms with Crippen LogP contribution in [0.3, 0.4) is 0 Å². The van der Waals surface area contributed by atoms with Crippen molar-refractivity contribution in [1.82, 2.24) is 10.6 Å². The summed E-state index contributed by atoms with van der Waals surface area (Å²) < 4.78 is 13.0. The van der Waals surface area contributed by atoms with Crippen molar-refractivity contribution in [3.05, 3.63) is 34.6 Å². The maximum atomic E-state index is 13.0. The predicted octanol–water partition coefficient (Wildman–Crippen LogP) is 2.60. The average molecular weight is 285 g/mol. The fourth-order valence-corrected chi connectivity index (χ4v) is 2.53. The monoisotopic (exact) mass is 284 g/mol. The number of hydrogen-bond donors (Lipinski definition) is 2. The van der Waals surface area contributed by atoms with Crippen molar-refractivity contribution >= 4 is 17.5 Å². The highest BCUT2D eigenvalue weighted by Gasteiger charge is 2.21. The van der Waals surface area contributed by atoms with Crippen LogP contribution in [0.25, 0.3) is 0 Å². The van der Waals surface area contributed by atoms with Crippen LogP contribution in [0.5, 0.6) is 0 Å². The van der Waals surface area contributed by atoms with Crippen molar-refractivity contribution < 1.29 is 9.18 Å². The van der Waals surface area contributed by atoms with Gasteiger partial charge in [0.2, 0.25) is 0 Å². The van der Waals surface area contributed by atoms with E-state index in [1.54, 1.807) is 0 Å². The van der Waals surface area contributed by atoms with Gasteiger partial charge in [-0.1, -0.05) is 11.6 Å². The van der Waals surface area contributed by atoms with E-state index in [0.29, 0.717) is 11.5 Å². The lowest BCUT2D eigenvalue weighted by atomic mass is 9.92. The number of hydrogen-bond acceptors (Lipinski definition) is 2. The van der Waals surface area contributed by atoms with Crippen molar-refractivity contribution in [2.75, 3.05) is 13.1 Å². The van der Waals surface area contributed by atoms with E-state index in [4.69, 9.17) is 11.6 Å². The van der Waals surface area contributed by atoms with Gasteiger partial charge in [0.15, 0.2) is 0 Å². The number of rotatable bonds is 3. The first-order valence-corrected chi connectivity index (χ1v) is 6.92. The standard InChI is InChI=1S/C14H18ClFN2O/c1-9(11-3-2-6-17-8-11)18-14(19)10-4-5-13(16)12(15)7-10/h4-5,7,9,11,17H,2-3,6,8H2,1H3,(H,18,19). The average Bonchev–Trinajstić information content (AvgIpc) is 2.42. The van der Waals surface area contributed by atoms with E-state index in [2.05, 4.69) is 10.6 Å². The second kappa shape index (κ2) is 6.35. The van der Waals surface area contributed by atoms with Crippen molar-refractivity contribution in [3.8, 4) is 0 Å². The van der Waals surface area contributed by atoms with Crippen molar-refractivity contribution in [3.63, 3.8) is 0 Å². The molecule has 1 aromatic rings. The van der Waals surface area contributed by atoms with Gasteiger partial charge in [0.1, 0.15) is 5.82 Å². The van der Waals surface area contributed by atoms with Gasteiger partial charge in [-0.2, -0.15) is 0 Å². The van der Waals surface area contributed by atoms with Gasteiger partial charge >= 0.3 is 0 Å². The third kappa shape index (κ3) is 3.67. The summed E-state index contributed by atoms with van der Waals surface area (Å²) in [5.74, 6) is -0.281. The van der Waals surface area contributed by atoms with Gasteiger partial charge in [-0.3, -0.25) is 4.79 Å². The molecule has 104 valence electrons. The number of nitrogens with one attached hydrogen (secondary N) is 2. The van der Waals surface area contributed by atoms with E-state index in [9.17, 15) is 9.18 Å². The predicted molar refractivity (Wildman–Crippen MR) is 73.9 cm³/mol. The second-order valence-electron chi connectivity index (χ2n) is 5.00. The molecule has 2 atom stereocenters. The quantitative estimate of drug-likeness (QED) is 0.896. The van der Waals surface area contributed by atoms with Gasteiger partial charge in [0, 0.05) is 11.6 Å². The molecule has 0 aromatic heterocycles. The molecule has 1 aliphatic heterocycles. The molecule has 0 aliphatic carbocycles. The molecule has 0 bridgehead atoms. The van der Waals surface area contributed by atoms with Crippen LogP contribution in [0.1, 0.15) is 30.1 Å². The van der Waals surface area contributed by atoms with E-state index in [0.717, 1.165) is 25.9 Å². The molecular weight excluding hydrogens is 267 g/mol. The van der Waals surface area contributed by atoms with Crippen LogP contribution in [0.4, 0.5) is 4.39 Å². The van der Waals surface area contributed by atoms with Gasteiger partial charge < -0.3 is 10.6 Å². The highest BCUT2D eigenvalue weighted by atomic mass is 35.5. The zero-order chi connectivity index (χ0) is 13.8. The number of carbonyl (C=O) groups is 1. The number of piperidine rings is 1. The van der Waals surface area contributed by atoms with Crippen LogP contribution >= 0.6 is 11.6 Å². The summed E-state index contributed by atoms with van der Waals surface area (Å²) in [7, 11) is 0. The minimum Gasteiger partial charge on any atom is -0.349 e. The summed E-state index contributed by atoms with van der Waals surface area (Å²) >= 11 is 5.68. The minimum absolute atomic E-state index is 0.0281. The van der Waals surface area contributed by atoms with E-state index in [-0.39, 0.29) is 17.0 Å². The Morgan fingerprint density at radius 2 is 2.37 bits per heavy atom. The van der Waals surface area contributed by atoms with Gasteiger partial charge in [-0.05, 0) is 57.0 Å². The Bertz CT molecular complexity index is 461. The normalized spacial score (nSPS) is 20.9.